The van der Waals surface area contributed by atoms with Crippen LogP contribution in [0.5, 0.6) is 0 Å². The Hall–Kier alpha value is -0.390. The Kier molecular flexibility index (Phi) is 4.45. The first-order valence-corrected chi connectivity index (χ1v) is 7.32. The quantitative estimate of drug-likeness (QED) is 0.925. The second-order valence-corrected chi connectivity index (χ2v) is 5.89. The summed E-state index contributed by atoms with van der Waals surface area (Å²) < 4.78 is 8.42. The van der Waals surface area contributed by atoms with E-state index < -0.39 is 0 Å². The van der Waals surface area contributed by atoms with Gasteiger partial charge in [0.2, 0.25) is 0 Å². The van der Waals surface area contributed by atoms with Crippen LogP contribution in [0.25, 0.3) is 0 Å². The van der Waals surface area contributed by atoms with Gasteiger partial charge in [-0.3, -0.25) is 4.68 Å². The number of aryl methyl sites for hydroxylation is 2. The van der Waals surface area contributed by atoms with Crippen LogP contribution in [0.2, 0.25) is 0 Å². The lowest BCUT2D eigenvalue weighted by molar-refractivity contribution is 0.0796. The molecule has 3 unspecified atom stereocenters. The summed E-state index contributed by atoms with van der Waals surface area (Å²) in [5.41, 5.74) is 2.12. The van der Waals surface area contributed by atoms with Crippen molar-refractivity contribution in [2.75, 3.05) is 6.61 Å². The van der Waals surface area contributed by atoms with Crippen LogP contribution < -0.4 is 0 Å². The molecule has 18 heavy (non-hydrogen) atoms. The number of nitrogens with zero attached hydrogens (tertiary/aromatic N) is 2. The van der Waals surface area contributed by atoms with Crippen molar-refractivity contribution in [1.29, 1.82) is 0 Å². The zero-order valence-electron chi connectivity index (χ0n) is 11.2. The van der Waals surface area contributed by atoms with Gasteiger partial charge in [0.1, 0.15) is 0 Å². The molecule has 0 saturated carbocycles. The van der Waals surface area contributed by atoms with Crippen molar-refractivity contribution in [2.45, 2.75) is 45.3 Å². The van der Waals surface area contributed by atoms with Gasteiger partial charge in [-0.05, 0) is 35.7 Å². The Morgan fingerprint density at radius 1 is 1.61 bits per heavy atom. The summed E-state index contributed by atoms with van der Waals surface area (Å²) in [7, 11) is 1.93. The lowest BCUT2D eigenvalue weighted by atomic mass is 9.96. The predicted molar refractivity (Wildman–Crippen MR) is 73.5 cm³/mol. The number of aromatic nitrogens is 2. The number of hydrogen-bond donors (Lipinski definition) is 1. The summed E-state index contributed by atoms with van der Waals surface area (Å²) in [6.07, 6.45) is 2.38. The highest BCUT2D eigenvalue weighted by molar-refractivity contribution is 9.10. The molecule has 1 aliphatic rings. The van der Waals surface area contributed by atoms with Crippen molar-refractivity contribution in [2.24, 2.45) is 13.0 Å². The Morgan fingerprint density at radius 3 is 2.83 bits per heavy atom. The summed E-state index contributed by atoms with van der Waals surface area (Å²) in [6, 6.07) is 0. The van der Waals surface area contributed by atoms with E-state index in [9.17, 15) is 5.11 Å². The number of halogens is 1. The highest BCUT2D eigenvalue weighted by atomic mass is 79.9. The molecule has 5 heteroatoms. The molecule has 0 bridgehead atoms. The van der Waals surface area contributed by atoms with Crippen molar-refractivity contribution in [3.8, 4) is 0 Å². The standard InChI is InChI=1S/C13H21BrN2O2/c1-4-10-13(14)11(16(3)15-10)6-12(17)9-5-8(2)18-7-9/h8-9,12,17H,4-7H2,1-3H3. The van der Waals surface area contributed by atoms with Crippen LogP contribution in [0.1, 0.15) is 31.7 Å². The molecule has 102 valence electrons. The summed E-state index contributed by atoms with van der Waals surface area (Å²) in [6.45, 7) is 4.81. The number of rotatable bonds is 4. The minimum Gasteiger partial charge on any atom is -0.392 e. The van der Waals surface area contributed by atoms with Crippen LogP contribution >= 0.6 is 15.9 Å². The first-order valence-electron chi connectivity index (χ1n) is 6.52. The molecular weight excluding hydrogens is 296 g/mol. The molecule has 0 aliphatic carbocycles. The van der Waals surface area contributed by atoms with Gasteiger partial charge in [0.05, 0.1) is 34.7 Å². The van der Waals surface area contributed by atoms with E-state index in [0.29, 0.717) is 13.0 Å². The molecule has 1 N–H and O–H groups in total. The maximum Gasteiger partial charge on any atom is 0.0766 e. The molecule has 0 amide bonds. The van der Waals surface area contributed by atoms with E-state index in [2.05, 4.69) is 34.9 Å². The van der Waals surface area contributed by atoms with Gasteiger partial charge < -0.3 is 9.84 Å². The fourth-order valence-corrected chi connectivity index (χ4v) is 3.30. The van der Waals surface area contributed by atoms with Gasteiger partial charge in [-0.1, -0.05) is 6.92 Å². The smallest absolute Gasteiger partial charge is 0.0766 e. The minimum atomic E-state index is -0.355. The average Bonchev–Trinajstić information content (AvgIpc) is 2.87. The second kappa shape index (κ2) is 5.72. The zero-order valence-corrected chi connectivity index (χ0v) is 12.8. The van der Waals surface area contributed by atoms with Crippen LogP contribution in [0.15, 0.2) is 4.47 Å². The van der Waals surface area contributed by atoms with Crippen LogP contribution in [0.4, 0.5) is 0 Å². The Labute approximate surface area is 116 Å². The Morgan fingerprint density at radius 2 is 2.33 bits per heavy atom. The molecule has 1 aromatic heterocycles. The van der Waals surface area contributed by atoms with Gasteiger partial charge in [-0.15, -0.1) is 0 Å². The van der Waals surface area contributed by atoms with E-state index in [-0.39, 0.29) is 18.1 Å². The van der Waals surface area contributed by atoms with E-state index in [1.165, 1.54) is 0 Å². The van der Waals surface area contributed by atoms with Crippen LogP contribution in [-0.2, 0) is 24.6 Å². The Bertz CT molecular complexity index is 419. The molecule has 1 fully saturated rings. The largest absolute Gasteiger partial charge is 0.392 e. The van der Waals surface area contributed by atoms with E-state index in [0.717, 1.165) is 28.7 Å². The van der Waals surface area contributed by atoms with Crippen LogP contribution in [-0.4, -0.2) is 33.7 Å². The van der Waals surface area contributed by atoms with Gasteiger partial charge in [0, 0.05) is 19.4 Å². The highest BCUT2D eigenvalue weighted by Crippen LogP contribution is 2.28. The van der Waals surface area contributed by atoms with Gasteiger partial charge >= 0.3 is 0 Å². The number of aliphatic hydroxyl groups excluding tert-OH is 1. The summed E-state index contributed by atoms with van der Waals surface area (Å²) >= 11 is 3.59. The summed E-state index contributed by atoms with van der Waals surface area (Å²) in [5, 5.41) is 14.8. The second-order valence-electron chi connectivity index (χ2n) is 5.10. The average molecular weight is 317 g/mol. The maximum absolute atomic E-state index is 10.3. The molecule has 0 radical (unpaired) electrons. The molecule has 1 saturated heterocycles. The topological polar surface area (TPSA) is 47.3 Å². The first-order chi connectivity index (χ1) is 8.52. The van der Waals surface area contributed by atoms with Crippen molar-refractivity contribution in [3.05, 3.63) is 15.9 Å². The van der Waals surface area contributed by atoms with Crippen molar-refractivity contribution in [1.82, 2.24) is 9.78 Å². The van der Waals surface area contributed by atoms with E-state index in [1.807, 2.05) is 11.7 Å². The number of ether oxygens (including phenoxy) is 1. The van der Waals surface area contributed by atoms with E-state index >= 15 is 0 Å². The monoisotopic (exact) mass is 316 g/mol. The van der Waals surface area contributed by atoms with Gasteiger partial charge in [0.15, 0.2) is 0 Å². The molecule has 1 aromatic rings. The van der Waals surface area contributed by atoms with E-state index in [1.54, 1.807) is 0 Å². The van der Waals surface area contributed by atoms with Crippen LogP contribution in [0.3, 0.4) is 0 Å². The van der Waals surface area contributed by atoms with Gasteiger partial charge in [-0.25, -0.2) is 0 Å². The lowest BCUT2D eigenvalue weighted by Gasteiger charge is -2.16. The Balaban J connectivity index is 2.07. The normalized spacial score (nSPS) is 25.6. The zero-order chi connectivity index (χ0) is 13.3. The molecule has 0 aromatic carbocycles. The SMILES string of the molecule is CCc1nn(C)c(CC(O)C2COC(C)C2)c1Br. The third kappa shape index (κ3) is 2.78. The molecule has 2 heterocycles. The fraction of sp³-hybridized carbons (Fsp3) is 0.769. The van der Waals surface area contributed by atoms with Crippen molar-refractivity contribution >= 4 is 15.9 Å². The summed E-state index contributed by atoms with van der Waals surface area (Å²) in [4.78, 5) is 0. The molecule has 2 rings (SSSR count). The lowest BCUT2D eigenvalue weighted by Crippen LogP contribution is -2.24. The molecule has 4 nitrogen and oxygen atoms in total. The minimum absolute atomic E-state index is 0.242. The highest BCUT2D eigenvalue weighted by Gasteiger charge is 2.29. The fourth-order valence-electron chi connectivity index (χ4n) is 2.52. The number of hydrogen-bond acceptors (Lipinski definition) is 3. The predicted octanol–water partition coefficient (Wildman–Crippen LogP) is 2.07. The third-order valence-electron chi connectivity index (χ3n) is 3.68. The van der Waals surface area contributed by atoms with Gasteiger partial charge in [-0.2, -0.15) is 5.10 Å². The molecule has 0 spiro atoms. The first kappa shape index (κ1) is 14.0. The van der Waals surface area contributed by atoms with Crippen molar-refractivity contribution in [3.63, 3.8) is 0 Å². The third-order valence-corrected chi connectivity index (χ3v) is 4.59. The molecule has 1 aliphatic heterocycles. The van der Waals surface area contributed by atoms with Crippen LogP contribution in [0, 0.1) is 5.92 Å². The summed E-state index contributed by atoms with van der Waals surface area (Å²) in [5.74, 6) is 0.242. The maximum atomic E-state index is 10.3. The van der Waals surface area contributed by atoms with Crippen molar-refractivity contribution < 1.29 is 9.84 Å². The molecule has 3 atom stereocenters. The number of aliphatic hydroxyl groups is 1. The molecular formula is C13H21BrN2O2. The van der Waals surface area contributed by atoms with E-state index in [4.69, 9.17) is 4.74 Å². The van der Waals surface area contributed by atoms with Gasteiger partial charge in [0.25, 0.3) is 0 Å².